The summed E-state index contributed by atoms with van der Waals surface area (Å²) in [5.41, 5.74) is 1.38. The van der Waals surface area contributed by atoms with E-state index in [2.05, 4.69) is 5.32 Å². The van der Waals surface area contributed by atoms with Crippen LogP contribution in [0.5, 0.6) is 0 Å². The summed E-state index contributed by atoms with van der Waals surface area (Å²) in [6, 6.07) is 1.58. The van der Waals surface area contributed by atoms with Crippen LogP contribution in [0.4, 0.5) is 8.78 Å². The lowest BCUT2D eigenvalue weighted by Gasteiger charge is -2.23. The van der Waals surface area contributed by atoms with Crippen LogP contribution in [0.25, 0.3) is 0 Å². The molecule has 0 amide bonds. The Hall–Kier alpha value is -0.960. The van der Waals surface area contributed by atoms with Gasteiger partial charge in [0.2, 0.25) is 0 Å². The Bertz CT molecular complexity index is 383. The Balaban J connectivity index is 2.24. The van der Waals surface area contributed by atoms with Gasteiger partial charge in [0.15, 0.2) is 0 Å². The first-order chi connectivity index (χ1) is 8.09. The summed E-state index contributed by atoms with van der Waals surface area (Å²) in [5, 5.41) is 3.26. The number of hydrogen-bond acceptors (Lipinski definition) is 1. The van der Waals surface area contributed by atoms with E-state index in [0.29, 0.717) is 23.5 Å². The fourth-order valence-corrected chi connectivity index (χ4v) is 2.58. The lowest BCUT2D eigenvalue weighted by Crippen LogP contribution is -2.29. The number of nitrogens with one attached hydrogen (secondary N) is 1. The number of halogens is 2. The van der Waals surface area contributed by atoms with Gasteiger partial charge in [-0.25, -0.2) is 8.78 Å². The van der Waals surface area contributed by atoms with Crippen molar-refractivity contribution in [2.45, 2.75) is 33.1 Å². The standard InChI is InChI=1S/C14H19F2N/c1-9-7-10(2)14(16)12(13(9)15)8-11-3-5-17-6-4-11/h7,11,17H,3-6,8H2,1-2H3. The van der Waals surface area contributed by atoms with Crippen molar-refractivity contribution in [3.8, 4) is 0 Å². The molecule has 0 aliphatic carbocycles. The lowest BCUT2D eigenvalue weighted by atomic mass is 9.89. The van der Waals surface area contributed by atoms with E-state index in [1.54, 1.807) is 19.9 Å². The van der Waals surface area contributed by atoms with Gasteiger partial charge in [0.25, 0.3) is 0 Å². The topological polar surface area (TPSA) is 12.0 Å². The zero-order valence-electron chi connectivity index (χ0n) is 10.4. The monoisotopic (exact) mass is 239 g/mol. The average molecular weight is 239 g/mol. The van der Waals surface area contributed by atoms with Gasteiger partial charge in [0, 0.05) is 5.56 Å². The van der Waals surface area contributed by atoms with Crippen LogP contribution in [-0.2, 0) is 6.42 Å². The van der Waals surface area contributed by atoms with Crippen LogP contribution >= 0.6 is 0 Å². The number of hydrogen-bond donors (Lipinski definition) is 1. The maximum Gasteiger partial charge on any atom is 0.132 e. The predicted octanol–water partition coefficient (Wildman–Crippen LogP) is 3.12. The van der Waals surface area contributed by atoms with E-state index in [-0.39, 0.29) is 17.2 Å². The van der Waals surface area contributed by atoms with Crippen LogP contribution in [0.1, 0.15) is 29.5 Å². The minimum atomic E-state index is -0.355. The molecule has 0 spiro atoms. The van der Waals surface area contributed by atoms with E-state index in [4.69, 9.17) is 0 Å². The smallest absolute Gasteiger partial charge is 0.132 e. The van der Waals surface area contributed by atoms with Gasteiger partial charge in [0.05, 0.1) is 0 Å². The maximum absolute atomic E-state index is 13.9. The molecule has 1 aliphatic heterocycles. The second-order valence-electron chi connectivity index (χ2n) is 5.01. The molecule has 1 fully saturated rings. The summed E-state index contributed by atoms with van der Waals surface area (Å²) < 4.78 is 27.9. The molecular weight excluding hydrogens is 220 g/mol. The Labute approximate surface area is 101 Å². The fraction of sp³-hybridized carbons (Fsp3) is 0.571. The second kappa shape index (κ2) is 5.13. The first-order valence-electron chi connectivity index (χ1n) is 6.24. The number of rotatable bonds is 2. The highest BCUT2D eigenvalue weighted by Crippen LogP contribution is 2.25. The van der Waals surface area contributed by atoms with E-state index < -0.39 is 0 Å². The summed E-state index contributed by atoms with van der Waals surface area (Å²) in [5.74, 6) is -0.306. The molecule has 17 heavy (non-hydrogen) atoms. The molecular formula is C14H19F2N. The second-order valence-corrected chi connectivity index (χ2v) is 5.01. The van der Waals surface area contributed by atoms with Crippen LogP contribution in [0.2, 0.25) is 0 Å². The predicted molar refractivity (Wildman–Crippen MR) is 65.1 cm³/mol. The first-order valence-corrected chi connectivity index (χ1v) is 6.24. The SMILES string of the molecule is Cc1cc(C)c(F)c(CC2CCNCC2)c1F. The van der Waals surface area contributed by atoms with Crippen molar-refractivity contribution in [2.75, 3.05) is 13.1 Å². The van der Waals surface area contributed by atoms with Crippen LogP contribution in [0, 0.1) is 31.4 Å². The van der Waals surface area contributed by atoms with Crippen molar-refractivity contribution in [1.29, 1.82) is 0 Å². The van der Waals surface area contributed by atoms with Crippen molar-refractivity contribution in [3.63, 3.8) is 0 Å². The summed E-state index contributed by atoms with van der Waals surface area (Å²) in [7, 11) is 0. The van der Waals surface area contributed by atoms with Gasteiger partial charge in [0.1, 0.15) is 11.6 Å². The Kier molecular flexibility index (Phi) is 3.77. The molecule has 0 aromatic heterocycles. The third-order valence-electron chi connectivity index (χ3n) is 3.61. The van der Waals surface area contributed by atoms with Gasteiger partial charge in [-0.1, -0.05) is 6.07 Å². The highest BCUT2D eigenvalue weighted by molar-refractivity contribution is 5.32. The van der Waals surface area contributed by atoms with E-state index in [1.807, 2.05) is 0 Å². The number of benzene rings is 1. The van der Waals surface area contributed by atoms with E-state index in [1.165, 1.54) is 0 Å². The summed E-state index contributed by atoms with van der Waals surface area (Å²) >= 11 is 0. The highest BCUT2D eigenvalue weighted by Gasteiger charge is 2.20. The van der Waals surface area contributed by atoms with E-state index >= 15 is 0 Å². The first kappa shape index (κ1) is 12.5. The van der Waals surface area contributed by atoms with Gasteiger partial charge >= 0.3 is 0 Å². The minimum absolute atomic E-state index is 0.286. The fourth-order valence-electron chi connectivity index (χ4n) is 2.58. The van der Waals surface area contributed by atoms with Crippen molar-refractivity contribution in [3.05, 3.63) is 34.4 Å². The maximum atomic E-state index is 13.9. The molecule has 0 bridgehead atoms. The zero-order valence-corrected chi connectivity index (χ0v) is 10.4. The molecule has 2 rings (SSSR count). The zero-order chi connectivity index (χ0) is 12.4. The van der Waals surface area contributed by atoms with Gasteiger partial charge in [-0.2, -0.15) is 0 Å². The Morgan fingerprint density at radius 2 is 1.65 bits per heavy atom. The third-order valence-corrected chi connectivity index (χ3v) is 3.61. The van der Waals surface area contributed by atoms with Crippen LogP contribution in [0.15, 0.2) is 6.07 Å². The molecule has 0 atom stereocenters. The molecule has 1 N–H and O–H groups in total. The molecule has 0 saturated carbocycles. The lowest BCUT2D eigenvalue weighted by molar-refractivity contribution is 0.362. The quantitative estimate of drug-likeness (QED) is 0.836. The summed E-state index contributed by atoms with van der Waals surface area (Å²) in [4.78, 5) is 0. The van der Waals surface area contributed by atoms with Crippen molar-refractivity contribution in [1.82, 2.24) is 5.32 Å². The van der Waals surface area contributed by atoms with Crippen molar-refractivity contribution in [2.24, 2.45) is 5.92 Å². The molecule has 1 nitrogen and oxygen atoms in total. The normalized spacial score (nSPS) is 17.4. The molecule has 1 aromatic rings. The molecule has 3 heteroatoms. The molecule has 0 radical (unpaired) electrons. The Morgan fingerprint density at radius 3 is 2.18 bits per heavy atom. The van der Waals surface area contributed by atoms with Crippen molar-refractivity contribution >= 4 is 0 Å². The van der Waals surface area contributed by atoms with Gasteiger partial charge in [-0.05, 0) is 63.2 Å². The van der Waals surface area contributed by atoms with Gasteiger partial charge in [-0.3, -0.25) is 0 Å². The van der Waals surface area contributed by atoms with Crippen molar-refractivity contribution < 1.29 is 8.78 Å². The third kappa shape index (κ3) is 2.65. The number of piperidine rings is 1. The molecule has 1 saturated heterocycles. The molecule has 0 unspecified atom stereocenters. The summed E-state index contributed by atoms with van der Waals surface area (Å²) in [6.45, 7) is 5.32. The largest absolute Gasteiger partial charge is 0.317 e. The molecule has 1 heterocycles. The minimum Gasteiger partial charge on any atom is -0.317 e. The van der Waals surface area contributed by atoms with Gasteiger partial charge < -0.3 is 5.32 Å². The molecule has 1 aromatic carbocycles. The average Bonchev–Trinajstić information content (AvgIpc) is 2.33. The Morgan fingerprint density at radius 1 is 1.12 bits per heavy atom. The molecule has 94 valence electrons. The van der Waals surface area contributed by atoms with E-state index in [0.717, 1.165) is 25.9 Å². The summed E-state index contributed by atoms with van der Waals surface area (Å²) in [6.07, 6.45) is 2.54. The van der Waals surface area contributed by atoms with E-state index in [9.17, 15) is 8.78 Å². The van der Waals surface area contributed by atoms with Crippen LogP contribution < -0.4 is 5.32 Å². The van der Waals surface area contributed by atoms with Crippen LogP contribution in [0.3, 0.4) is 0 Å². The molecule has 1 aliphatic rings. The number of aryl methyl sites for hydroxylation is 2. The van der Waals surface area contributed by atoms with Crippen LogP contribution in [-0.4, -0.2) is 13.1 Å². The highest BCUT2D eigenvalue weighted by atomic mass is 19.1. The van der Waals surface area contributed by atoms with Gasteiger partial charge in [-0.15, -0.1) is 0 Å².